The maximum Gasteiger partial charge on any atom is 0.330 e. The van der Waals surface area contributed by atoms with Crippen LogP contribution in [0.5, 0.6) is 5.75 Å². The van der Waals surface area contributed by atoms with Crippen molar-refractivity contribution in [1.82, 2.24) is 0 Å². The molecule has 0 atom stereocenters. The van der Waals surface area contributed by atoms with Gasteiger partial charge >= 0.3 is 5.97 Å². The number of esters is 1. The Morgan fingerprint density at radius 3 is 2.43 bits per heavy atom. The highest BCUT2D eigenvalue weighted by molar-refractivity contribution is 5.87. The van der Waals surface area contributed by atoms with E-state index in [0.29, 0.717) is 6.61 Å². The highest BCUT2D eigenvalue weighted by Gasteiger charge is 1.97. The minimum Gasteiger partial charge on any atom is -0.494 e. The molecular formula is C18H26O3. The van der Waals surface area contributed by atoms with Gasteiger partial charge in [0.25, 0.3) is 0 Å². The summed E-state index contributed by atoms with van der Waals surface area (Å²) >= 11 is 0. The maximum atomic E-state index is 11.5. The Labute approximate surface area is 128 Å². The first-order valence-corrected chi connectivity index (χ1v) is 7.84. The lowest BCUT2D eigenvalue weighted by molar-refractivity contribution is -0.137. The fourth-order valence-corrected chi connectivity index (χ4v) is 1.81. The van der Waals surface area contributed by atoms with Crippen molar-refractivity contribution in [2.75, 3.05) is 13.2 Å². The molecule has 0 bridgehead atoms. The molecular weight excluding hydrogens is 264 g/mol. The first-order chi connectivity index (χ1) is 10.3. The molecule has 3 nitrogen and oxygen atoms in total. The molecule has 1 aromatic carbocycles. The van der Waals surface area contributed by atoms with Gasteiger partial charge in [-0.2, -0.15) is 0 Å². The molecule has 0 aliphatic heterocycles. The number of carbonyl (C=O) groups is 1. The van der Waals surface area contributed by atoms with E-state index in [2.05, 4.69) is 13.8 Å². The minimum atomic E-state index is -0.280. The van der Waals surface area contributed by atoms with Gasteiger partial charge in [-0.15, -0.1) is 0 Å². The van der Waals surface area contributed by atoms with Gasteiger partial charge in [0.05, 0.1) is 13.2 Å². The second-order valence-corrected chi connectivity index (χ2v) is 4.98. The van der Waals surface area contributed by atoms with Crippen molar-refractivity contribution < 1.29 is 14.3 Å². The molecule has 0 aromatic heterocycles. The molecule has 0 spiro atoms. The Morgan fingerprint density at radius 2 is 1.76 bits per heavy atom. The van der Waals surface area contributed by atoms with Crippen molar-refractivity contribution in [2.45, 2.75) is 46.0 Å². The summed E-state index contributed by atoms with van der Waals surface area (Å²) in [6.07, 6.45) is 8.67. The van der Waals surface area contributed by atoms with E-state index >= 15 is 0 Å². The maximum absolute atomic E-state index is 11.5. The lowest BCUT2D eigenvalue weighted by atomic mass is 10.2. The third kappa shape index (κ3) is 8.18. The first-order valence-electron chi connectivity index (χ1n) is 7.84. The van der Waals surface area contributed by atoms with Crippen LogP contribution in [0.25, 0.3) is 6.08 Å². The Balaban J connectivity index is 2.29. The summed E-state index contributed by atoms with van der Waals surface area (Å²) in [5.74, 6) is 0.574. The number of benzene rings is 1. The van der Waals surface area contributed by atoms with E-state index in [-0.39, 0.29) is 5.97 Å². The first kappa shape index (κ1) is 17.3. The average molecular weight is 290 g/mol. The predicted molar refractivity (Wildman–Crippen MR) is 86.4 cm³/mol. The molecule has 0 saturated carbocycles. The van der Waals surface area contributed by atoms with Crippen LogP contribution in [0.15, 0.2) is 30.3 Å². The molecule has 0 N–H and O–H groups in total. The molecule has 0 aliphatic carbocycles. The molecule has 3 heteroatoms. The SMILES string of the molecule is CCCCCCOC(=O)/C=C/c1ccc(OCCC)cc1. The van der Waals surface area contributed by atoms with Crippen LogP contribution in [0.4, 0.5) is 0 Å². The van der Waals surface area contributed by atoms with Crippen LogP contribution in [-0.4, -0.2) is 19.2 Å². The van der Waals surface area contributed by atoms with E-state index in [9.17, 15) is 4.79 Å². The lowest BCUT2D eigenvalue weighted by Crippen LogP contribution is -2.02. The summed E-state index contributed by atoms with van der Waals surface area (Å²) in [4.78, 5) is 11.5. The number of hydrogen-bond acceptors (Lipinski definition) is 3. The number of carbonyl (C=O) groups excluding carboxylic acids is 1. The van der Waals surface area contributed by atoms with Crippen LogP contribution in [0.2, 0.25) is 0 Å². The fraction of sp³-hybridized carbons (Fsp3) is 0.500. The topological polar surface area (TPSA) is 35.5 Å². The van der Waals surface area contributed by atoms with E-state index < -0.39 is 0 Å². The van der Waals surface area contributed by atoms with E-state index in [1.54, 1.807) is 6.08 Å². The third-order valence-corrected chi connectivity index (χ3v) is 3.01. The summed E-state index contributed by atoms with van der Waals surface area (Å²) in [5, 5.41) is 0. The zero-order chi connectivity index (χ0) is 15.3. The van der Waals surface area contributed by atoms with Crippen molar-refractivity contribution in [3.63, 3.8) is 0 Å². The Bertz CT molecular complexity index is 421. The zero-order valence-electron chi connectivity index (χ0n) is 13.1. The van der Waals surface area contributed by atoms with Gasteiger partial charge in [-0.05, 0) is 36.6 Å². The largest absolute Gasteiger partial charge is 0.494 e. The summed E-state index contributed by atoms with van der Waals surface area (Å²) < 4.78 is 10.6. The van der Waals surface area contributed by atoms with Crippen molar-refractivity contribution in [3.05, 3.63) is 35.9 Å². The quantitative estimate of drug-likeness (QED) is 0.358. The van der Waals surface area contributed by atoms with Gasteiger partial charge in [0.1, 0.15) is 5.75 Å². The molecule has 0 saturated heterocycles. The number of unbranched alkanes of at least 4 members (excludes halogenated alkanes) is 3. The normalized spacial score (nSPS) is 10.8. The highest BCUT2D eigenvalue weighted by Crippen LogP contribution is 2.13. The van der Waals surface area contributed by atoms with Crippen LogP contribution >= 0.6 is 0 Å². The summed E-state index contributed by atoms with van der Waals surface area (Å²) in [7, 11) is 0. The van der Waals surface area contributed by atoms with Gasteiger partial charge in [-0.3, -0.25) is 0 Å². The summed E-state index contributed by atoms with van der Waals surface area (Å²) in [6.45, 7) is 5.46. The van der Waals surface area contributed by atoms with Crippen LogP contribution in [0.3, 0.4) is 0 Å². The van der Waals surface area contributed by atoms with Crippen molar-refractivity contribution in [3.8, 4) is 5.75 Å². The fourth-order valence-electron chi connectivity index (χ4n) is 1.81. The van der Waals surface area contributed by atoms with Gasteiger partial charge in [0.15, 0.2) is 0 Å². The van der Waals surface area contributed by atoms with Crippen LogP contribution < -0.4 is 4.74 Å². The molecule has 0 unspecified atom stereocenters. The predicted octanol–water partition coefficient (Wildman–Crippen LogP) is 4.61. The Morgan fingerprint density at radius 1 is 1.00 bits per heavy atom. The molecule has 0 aliphatic rings. The van der Waals surface area contributed by atoms with Crippen LogP contribution in [0, 0.1) is 0 Å². The van der Waals surface area contributed by atoms with E-state index in [4.69, 9.17) is 9.47 Å². The molecule has 1 rings (SSSR count). The third-order valence-electron chi connectivity index (χ3n) is 3.01. The zero-order valence-corrected chi connectivity index (χ0v) is 13.1. The minimum absolute atomic E-state index is 0.280. The van der Waals surface area contributed by atoms with E-state index in [0.717, 1.165) is 37.2 Å². The standard InChI is InChI=1S/C18H26O3/c1-3-5-6-7-15-21-18(19)13-10-16-8-11-17(12-9-16)20-14-4-2/h8-13H,3-7,14-15H2,1-2H3/b13-10+. The van der Waals surface area contributed by atoms with Gasteiger partial charge < -0.3 is 9.47 Å². The second kappa shape index (κ2) is 11.0. The molecule has 0 heterocycles. The Hall–Kier alpha value is -1.77. The van der Waals surface area contributed by atoms with Crippen LogP contribution in [-0.2, 0) is 9.53 Å². The van der Waals surface area contributed by atoms with Gasteiger partial charge in [0, 0.05) is 6.08 Å². The molecule has 0 radical (unpaired) electrons. The molecule has 21 heavy (non-hydrogen) atoms. The summed E-state index contributed by atoms with van der Waals surface area (Å²) in [5.41, 5.74) is 0.960. The molecule has 0 amide bonds. The molecule has 116 valence electrons. The van der Waals surface area contributed by atoms with Gasteiger partial charge in [-0.25, -0.2) is 4.79 Å². The monoisotopic (exact) mass is 290 g/mol. The van der Waals surface area contributed by atoms with Crippen molar-refractivity contribution in [1.29, 1.82) is 0 Å². The lowest BCUT2D eigenvalue weighted by Gasteiger charge is -2.04. The van der Waals surface area contributed by atoms with E-state index in [1.807, 2.05) is 24.3 Å². The number of ether oxygens (including phenoxy) is 2. The average Bonchev–Trinajstić information content (AvgIpc) is 2.51. The molecule has 0 fully saturated rings. The summed E-state index contributed by atoms with van der Waals surface area (Å²) in [6, 6.07) is 7.67. The van der Waals surface area contributed by atoms with Gasteiger partial charge in [-0.1, -0.05) is 45.2 Å². The van der Waals surface area contributed by atoms with Crippen molar-refractivity contribution >= 4 is 12.0 Å². The number of rotatable bonds is 10. The van der Waals surface area contributed by atoms with Gasteiger partial charge in [0.2, 0.25) is 0 Å². The van der Waals surface area contributed by atoms with Crippen LogP contribution in [0.1, 0.15) is 51.5 Å². The van der Waals surface area contributed by atoms with Crippen molar-refractivity contribution in [2.24, 2.45) is 0 Å². The number of hydrogen-bond donors (Lipinski definition) is 0. The molecule has 1 aromatic rings. The van der Waals surface area contributed by atoms with E-state index in [1.165, 1.54) is 18.9 Å². The highest BCUT2D eigenvalue weighted by atomic mass is 16.5. The Kier molecular flexibility index (Phi) is 9.01. The smallest absolute Gasteiger partial charge is 0.330 e. The second-order valence-electron chi connectivity index (χ2n) is 4.98.